The smallest absolute Gasteiger partial charge is 0.0434 e. The summed E-state index contributed by atoms with van der Waals surface area (Å²) in [7, 11) is 0. The minimum Gasteiger partial charge on any atom is -0.134 e. The number of benzene rings is 4. The summed E-state index contributed by atoms with van der Waals surface area (Å²) >= 11 is 6.63. The summed E-state index contributed by atoms with van der Waals surface area (Å²) in [6.07, 6.45) is 0. The number of halogens is 2. The molecule has 0 saturated carbocycles. The maximum atomic E-state index is 2.37. The molecule has 0 aliphatic heterocycles. The van der Waals surface area contributed by atoms with Crippen molar-refractivity contribution in [2.24, 2.45) is 0 Å². The predicted molar refractivity (Wildman–Crippen MR) is 151 cm³/mol. The molecule has 4 aromatic carbocycles. The van der Waals surface area contributed by atoms with E-state index in [-0.39, 0.29) is 0 Å². The fourth-order valence-electron chi connectivity index (χ4n) is 3.80. The zero-order valence-electron chi connectivity index (χ0n) is 16.6. The average Bonchev–Trinajstić information content (AvgIpc) is 3.22. The van der Waals surface area contributed by atoms with Crippen molar-refractivity contribution in [2.45, 2.75) is 0 Å². The molecule has 0 atom stereocenters. The molecular formula is C28H18I2S. The Balaban J connectivity index is 1.87. The SMILES string of the molecule is Ic1ccc(-c2sc(-c3ccc(I)cc3)c(-c3ccccc3)c2-c2ccccc2)cc1. The first kappa shape index (κ1) is 20.9. The summed E-state index contributed by atoms with van der Waals surface area (Å²) in [5, 5.41) is 0. The predicted octanol–water partition coefficient (Wildman–Crippen LogP) is 9.63. The van der Waals surface area contributed by atoms with Crippen molar-refractivity contribution in [1.82, 2.24) is 0 Å². The van der Waals surface area contributed by atoms with Gasteiger partial charge in [-0.25, -0.2) is 0 Å². The molecule has 0 N–H and O–H groups in total. The minimum absolute atomic E-state index is 1.25. The molecule has 0 unspecified atom stereocenters. The molecule has 3 heteroatoms. The van der Waals surface area contributed by atoms with Gasteiger partial charge in [-0.3, -0.25) is 0 Å². The second kappa shape index (κ2) is 9.27. The lowest BCUT2D eigenvalue weighted by Crippen LogP contribution is -1.86. The number of rotatable bonds is 4. The largest absolute Gasteiger partial charge is 0.134 e. The molecule has 1 aromatic heterocycles. The van der Waals surface area contributed by atoms with Crippen molar-refractivity contribution >= 4 is 56.5 Å². The average molecular weight is 640 g/mol. The molecule has 0 spiro atoms. The van der Waals surface area contributed by atoms with Gasteiger partial charge in [-0.1, -0.05) is 84.9 Å². The second-order valence-corrected chi connectivity index (χ2v) is 10.8. The van der Waals surface area contributed by atoms with Gasteiger partial charge >= 0.3 is 0 Å². The van der Waals surface area contributed by atoms with E-state index in [1.165, 1.54) is 50.3 Å². The van der Waals surface area contributed by atoms with Crippen LogP contribution in [0.25, 0.3) is 43.1 Å². The van der Waals surface area contributed by atoms with Crippen LogP contribution in [0.15, 0.2) is 109 Å². The van der Waals surface area contributed by atoms with Gasteiger partial charge in [-0.05, 0) is 91.7 Å². The fourth-order valence-corrected chi connectivity index (χ4v) is 5.88. The Morgan fingerprint density at radius 2 is 0.742 bits per heavy atom. The molecule has 0 aliphatic rings. The van der Waals surface area contributed by atoms with E-state index in [1.54, 1.807) is 0 Å². The van der Waals surface area contributed by atoms with Crippen molar-refractivity contribution in [1.29, 1.82) is 0 Å². The lowest BCUT2D eigenvalue weighted by atomic mass is 9.91. The molecule has 0 radical (unpaired) electrons. The van der Waals surface area contributed by atoms with Gasteiger partial charge in [0.25, 0.3) is 0 Å². The van der Waals surface area contributed by atoms with Crippen molar-refractivity contribution in [2.75, 3.05) is 0 Å². The zero-order chi connectivity index (χ0) is 21.2. The van der Waals surface area contributed by atoms with Crippen molar-refractivity contribution in [3.63, 3.8) is 0 Å². The molecule has 150 valence electrons. The van der Waals surface area contributed by atoms with Gasteiger partial charge in [0, 0.05) is 28.0 Å². The lowest BCUT2D eigenvalue weighted by molar-refractivity contribution is 1.60. The number of thiophene rings is 1. The van der Waals surface area contributed by atoms with Crippen LogP contribution in [-0.4, -0.2) is 0 Å². The Bertz CT molecular complexity index is 1200. The maximum absolute atomic E-state index is 2.37. The van der Waals surface area contributed by atoms with Crippen LogP contribution in [0.3, 0.4) is 0 Å². The molecule has 0 amide bonds. The van der Waals surface area contributed by atoms with Crippen LogP contribution in [0.1, 0.15) is 0 Å². The first-order chi connectivity index (χ1) is 15.2. The van der Waals surface area contributed by atoms with Crippen molar-refractivity contribution in [3.05, 3.63) is 116 Å². The topological polar surface area (TPSA) is 0 Å². The monoisotopic (exact) mass is 640 g/mol. The highest BCUT2D eigenvalue weighted by Gasteiger charge is 2.22. The molecule has 1 heterocycles. The van der Waals surface area contributed by atoms with E-state index < -0.39 is 0 Å². The Hall–Kier alpha value is -1.96. The highest BCUT2D eigenvalue weighted by atomic mass is 127. The zero-order valence-corrected chi connectivity index (χ0v) is 21.7. The van der Waals surface area contributed by atoms with Crippen LogP contribution >= 0.6 is 56.5 Å². The molecule has 0 fully saturated rings. The molecule has 5 aromatic rings. The molecule has 0 nitrogen and oxygen atoms in total. The Morgan fingerprint density at radius 3 is 1.10 bits per heavy atom. The third-order valence-electron chi connectivity index (χ3n) is 5.25. The van der Waals surface area contributed by atoms with Crippen LogP contribution in [-0.2, 0) is 0 Å². The highest BCUT2D eigenvalue weighted by Crippen LogP contribution is 2.51. The fraction of sp³-hybridized carbons (Fsp3) is 0. The Labute approximate surface area is 214 Å². The summed E-state index contributed by atoms with van der Waals surface area (Å²) in [5.41, 5.74) is 7.65. The first-order valence-electron chi connectivity index (χ1n) is 10.0. The number of hydrogen-bond acceptors (Lipinski definition) is 1. The van der Waals surface area contributed by atoms with Gasteiger partial charge in [0.05, 0.1) is 0 Å². The summed E-state index contributed by atoms with van der Waals surface area (Å²) in [6.45, 7) is 0. The maximum Gasteiger partial charge on any atom is 0.0434 e. The molecule has 0 bridgehead atoms. The van der Waals surface area contributed by atoms with Crippen LogP contribution in [0, 0.1) is 7.14 Å². The first-order valence-corrected chi connectivity index (χ1v) is 13.0. The van der Waals surface area contributed by atoms with E-state index in [9.17, 15) is 0 Å². The van der Waals surface area contributed by atoms with E-state index in [2.05, 4.69) is 154 Å². The van der Waals surface area contributed by atoms with Gasteiger partial charge in [0.1, 0.15) is 0 Å². The third kappa shape index (κ3) is 4.36. The van der Waals surface area contributed by atoms with E-state index in [0.29, 0.717) is 0 Å². The van der Waals surface area contributed by atoms with E-state index in [4.69, 9.17) is 0 Å². The third-order valence-corrected chi connectivity index (χ3v) is 7.97. The highest BCUT2D eigenvalue weighted by molar-refractivity contribution is 14.1. The summed E-state index contributed by atoms with van der Waals surface area (Å²) in [6, 6.07) is 39.3. The quantitative estimate of drug-likeness (QED) is 0.172. The molecule has 5 rings (SSSR count). The van der Waals surface area contributed by atoms with E-state index in [1.807, 2.05) is 11.3 Å². The molecular weight excluding hydrogens is 622 g/mol. The van der Waals surface area contributed by atoms with Crippen LogP contribution in [0.5, 0.6) is 0 Å². The van der Waals surface area contributed by atoms with Crippen LogP contribution in [0.2, 0.25) is 0 Å². The summed E-state index contributed by atoms with van der Waals surface area (Å²) < 4.78 is 2.50. The molecule has 31 heavy (non-hydrogen) atoms. The van der Waals surface area contributed by atoms with Gasteiger partial charge in [0.2, 0.25) is 0 Å². The normalized spacial score (nSPS) is 10.9. The van der Waals surface area contributed by atoms with Crippen LogP contribution in [0.4, 0.5) is 0 Å². The van der Waals surface area contributed by atoms with Gasteiger partial charge in [-0.2, -0.15) is 0 Å². The second-order valence-electron chi connectivity index (χ2n) is 7.26. The molecule has 0 saturated heterocycles. The van der Waals surface area contributed by atoms with Crippen molar-refractivity contribution < 1.29 is 0 Å². The Morgan fingerprint density at radius 1 is 0.387 bits per heavy atom. The minimum atomic E-state index is 1.25. The standard InChI is InChI=1S/C28H18I2S/c29-23-15-11-21(12-16-23)27-25(19-7-3-1-4-8-19)26(20-9-5-2-6-10-20)28(31-27)22-13-17-24(30)18-14-22/h1-18H. The summed E-state index contributed by atoms with van der Waals surface area (Å²) in [5.74, 6) is 0. The number of hydrogen-bond donors (Lipinski definition) is 0. The van der Waals surface area contributed by atoms with Gasteiger partial charge in [0.15, 0.2) is 0 Å². The van der Waals surface area contributed by atoms with Crippen molar-refractivity contribution in [3.8, 4) is 43.1 Å². The molecule has 0 aliphatic carbocycles. The van der Waals surface area contributed by atoms with E-state index >= 15 is 0 Å². The lowest BCUT2D eigenvalue weighted by Gasteiger charge is -2.11. The van der Waals surface area contributed by atoms with Gasteiger partial charge in [-0.15, -0.1) is 11.3 Å². The van der Waals surface area contributed by atoms with E-state index in [0.717, 1.165) is 0 Å². The van der Waals surface area contributed by atoms with Gasteiger partial charge < -0.3 is 0 Å². The van der Waals surface area contributed by atoms with Crippen LogP contribution < -0.4 is 0 Å². The summed E-state index contributed by atoms with van der Waals surface area (Å²) in [4.78, 5) is 2.63. The Kier molecular flexibility index (Phi) is 6.25.